The zero-order chi connectivity index (χ0) is 10.6. The molecule has 76 valence electrons. The molecule has 0 aliphatic heterocycles. The summed E-state index contributed by atoms with van der Waals surface area (Å²) in [6.45, 7) is 1.92. The van der Waals surface area contributed by atoms with Gasteiger partial charge in [-0.15, -0.1) is 0 Å². The summed E-state index contributed by atoms with van der Waals surface area (Å²) in [5.74, 6) is -0.149. The lowest BCUT2D eigenvalue weighted by Crippen LogP contribution is -2.34. The number of alkyl halides is 1. The molecular weight excluding hydrogens is 312 g/mol. The Morgan fingerprint density at radius 2 is 2.36 bits per heavy atom. The number of aromatic nitrogens is 1. The molecule has 5 heteroatoms. The topological polar surface area (TPSA) is 42.0 Å². The quantitative estimate of drug-likeness (QED) is 0.868. The van der Waals surface area contributed by atoms with Gasteiger partial charge in [-0.1, -0.05) is 15.9 Å². The van der Waals surface area contributed by atoms with E-state index in [9.17, 15) is 4.79 Å². The summed E-state index contributed by atoms with van der Waals surface area (Å²) in [5, 5.41) is 3.53. The monoisotopic (exact) mass is 320 g/mol. The van der Waals surface area contributed by atoms with Crippen molar-refractivity contribution < 1.29 is 4.79 Å². The Morgan fingerprint density at radius 1 is 1.64 bits per heavy atom. The van der Waals surface area contributed by atoms with E-state index in [2.05, 4.69) is 42.2 Å². The highest BCUT2D eigenvalue weighted by Gasteiger charge is 2.09. The molecule has 1 amide bonds. The summed E-state index contributed by atoms with van der Waals surface area (Å²) in [4.78, 5) is 15.5. The predicted molar refractivity (Wildman–Crippen MR) is 62.7 cm³/mol. The van der Waals surface area contributed by atoms with E-state index >= 15 is 0 Å². The minimum absolute atomic E-state index is 0.105. The van der Waals surface area contributed by atoms with Crippen LogP contribution in [0.3, 0.4) is 0 Å². The summed E-state index contributed by atoms with van der Waals surface area (Å²) in [6.07, 6.45) is 1.60. The van der Waals surface area contributed by atoms with Crippen molar-refractivity contribution in [3.05, 3.63) is 28.5 Å². The molecule has 0 fully saturated rings. The van der Waals surface area contributed by atoms with Crippen LogP contribution in [0.4, 0.5) is 0 Å². The third kappa shape index (κ3) is 3.38. The first kappa shape index (κ1) is 11.7. The minimum atomic E-state index is -0.149. The molecule has 3 nitrogen and oxygen atoms in total. The van der Waals surface area contributed by atoms with Crippen LogP contribution in [0.2, 0.25) is 0 Å². The number of hydrogen-bond acceptors (Lipinski definition) is 2. The number of rotatable bonds is 3. The van der Waals surface area contributed by atoms with Crippen molar-refractivity contribution in [2.75, 3.05) is 5.33 Å². The Kier molecular flexibility index (Phi) is 4.54. The van der Waals surface area contributed by atoms with Crippen molar-refractivity contribution in [3.8, 4) is 0 Å². The molecule has 0 saturated heterocycles. The van der Waals surface area contributed by atoms with Crippen molar-refractivity contribution in [1.82, 2.24) is 10.3 Å². The van der Waals surface area contributed by atoms with E-state index in [-0.39, 0.29) is 11.9 Å². The van der Waals surface area contributed by atoms with Gasteiger partial charge in [0.05, 0.1) is 0 Å². The maximum atomic E-state index is 11.5. The Hall–Kier alpha value is -0.420. The Bertz CT molecular complexity index is 313. The summed E-state index contributed by atoms with van der Waals surface area (Å²) >= 11 is 6.54. The standard InChI is InChI=1S/C9H10Br2N2O/c1-6(4-10)13-9(14)8-3-2-7(11)5-12-8/h2-3,5-6H,4H2,1H3,(H,13,14). The van der Waals surface area contributed by atoms with E-state index < -0.39 is 0 Å². The van der Waals surface area contributed by atoms with Gasteiger partial charge in [0.1, 0.15) is 5.69 Å². The van der Waals surface area contributed by atoms with E-state index in [1.54, 1.807) is 18.3 Å². The van der Waals surface area contributed by atoms with E-state index in [4.69, 9.17) is 0 Å². The number of nitrogens with zero attached hydrogens (tertiary/aromatic N) is 1. The van der Waals surface area contributed by atoms with Crippen LogP contribution in [0.25, 0.3) is 0 Å². The number of halogens is 2. The fraction of sp³-hybridized carbons (Fsp3) is 0.333. The number of amides is 1. The first-order valence-electron chi connectivity index (χ1n) is 4.12. The number of carbonyl (C=O) groups is 1. The van der Waals surface area contributed by atoms with Gasteiger partial charge < -0.3 is 5.32 Å². The van der Waals surface area contributed by atoms with Gasteiger partial charge in [0.2, 0.25) is 0 Å². The van der Waals surface area contributed by atoms with Gasteiger partial charge in [0.25, 0.3) is 5.91 Å². The van der Waals surface area contributed by atoms with E-state index in [0.29, 0.717) is 5.69 Å². The lowest BCUT2D eigenvalue weighted by atomic mass is 10.3. The second-order valence-electron chi connectivity index (χ2n) is 2.89. The molecule has 1 atom stereocenters. The van der Waals surface area contributed by atoms with Crippen LogP contribution in [-0.4, -0.2) is 22.3 Å². The third-order valence-electron chi connectivity index (χ3n) is 1.57. The molecule has 1 rings (SSSR count). The minimum Gasteiger partial charge on any atom is -0.347 e. The fourth-order valence-electron chi connectivity index (χ4n) is 0.846. The molecule has 1 N–H and O–H groups in total. The lowest BCUT2D eigenvalue weighted by molar-refractivity contribution is 0.0939. The number of pyridine rings is 1. The number of nitrogens with one attached hydrogen (secondary N) is 1. The van der Waals surface area contributed by atoms with Crippen molar-refractivity contribution in [1.29, 1.82) is 0 Å². The SMILES string of the molecule is CC(CBr)NC(=O)c1ccc(Br)cn1. The highest BCUT2D eigenvalue weighted by atomic mass is 79.9. The van der Waals surface area contributed by atoms with Crippen LogP contribution >= 0.6 is 31.9 Å². The normalized spacial score (nSPS) is 12.2. The van der Waals surface area contributed by atoms with Gasteiger partial charge in [-0.3, -0.25) is 4.79 Å². The third-order valence-corrected chi connectivity index (χ3v) is 3.01. The molecule has 1 aromatic heterocycles. The van der Waals surface area contributed by atoms with Crippen LogP contribution in [0.15, 0.2) is 22.8 Å². The van der Waals surface area contributed by atoms with Gasteiger partial charge >= 0.3 is 0 Å². The lowest BCUT2D eigenvalue weighted by Gasteiger charge is -2.09. The average molecular weight is 322 g/mol. The van der Waals surface area contributed by atoms with E-state index in [0.717, 1.165) is 9.80 Å². The molecule has 1 aromatic rings. The summed E-state index contributed by atoms with van der Waals surface area (Å²) in [5.41, 5.74) is 0.431. The first-order valence-corrected chi connectivity index (χ1v) is 6.03. The average Bonchev–Trinajstić information content (AvgIpc) is 2.18. The van der Waals surface area contributed by atoms with E-state index in [1.807, 2.05) is 6.92 Å². The molecule has 1 unspecified atom stereocenters. The molecule has 14 heavy (non-hydrogen) atoms. The van der Waals surface area contributed by atoms with Crippen LogP contribution in [0.1, 0.15) is 17.4 Å². The van der Waals surface area contributed by atoms with E-state index in [1.165, 1.54) is 0 Å². The Morgan fingerprint density at radius 3 is 2.86 bits per heavy atom. The van der Waals surface area contributed by atoms with Crippen molar-refractivity contribution in [2.45, 2.75) is 13.0 Å². The van der Waals surface area contributed by atoms with Gasteiger partial charge in [0.15, 0.2) is 0 Å². The number of hydrogen-bond donors (Lipinski definition) is 1. The fourth-order valence-corrected chi connectivity index (χ4v) is 1.24. The molecule has 1 heterocycles. The van der Waals surface area contributed by atoms with Gasteiger partial charge in [-0.05, 0) is 35.0 Å². The Labute approximate surface area is 99.6 Å². The molecule has 0 spiro atoms. The maximum absolute atomic E-state index is 11.5. The zero-order valence-corrected chi connectivity index (χ0v) is 10.8. The number of carbonyl (C=O) groups excluding carboxylic acids is 1. The summed E-state index contributed by atoms with van der Waals surface area (Å²) < 4.78 is 0.864. The van der Waals surface area contributed by atoms with Crippen molar-refractivity contribution in [2.24, 2.45) is 0 Å². The second-order valence-corrected chi connectivity index (χ2v) is 4.45. The molecular formula is C9H10Br2N2O. The molecule has 0 aliphatic carbocycles. The van der Waals surface area contributed by atoms with Gasteiger partial charge in [-0.25, -0.2) is 4.98 Å². The van der Waals surface area contributed by atoms with Crippen molar-refractivity contribution >= 4 is 37.8 Å². The van der Waals surface area contributed by atoms with Gasteiger partial charge in [-0.2, -0.15) is 0 Å². The van der Waals surface area contributed by atoms with Crippen LogP contribution in [0, 0.1) is 0 Å². The molecule has 0 aromatic carbocycles. The summed E-state index contributed by atoms with van der Waals surface area (Å²) in [7, 11) is 0. The first-order chi connectivity index (χ1) is 6.63. The predicted octanol–water partition coefficient (Wildman–Crippen LogP) is 2.36. The van der Waals surface area contributed by atoms with Gasteiger partial charge in [0, 0.05) is 22.0 Å². The molecule has 0 radical (unpaired) electrons. The summed E-state index contributed by atoms with van der Waals surface area (Å²) in [6, 6.07) is 3.58. The van der Waals surface area contributed by atoms with Crippen LogP contribution < -0.4 is 5.32 Å². The molecule has 0 bridgehead atoms. The molecule has 0 saturated carbocycles. The highest BCUT2D eigenvalue weighted by molar-refractivity contribution is 9.10. The molecule has 0 aliphatic rings. The smallest absolute Gasteiger partial charge is 0.270 e. The second kappa shape index (κ2) is 5.46. The van der Waals surface area contributed by atoms with Crippen LogP contribution in [0.5, 0.6) is 0 Å². The van der Waals surface area contributed by atoms with Crippen LogP contribution in [-0.2, 0) is 0 Å². The van der Waals surface area contributed by atoms with Crippen molar-refractivity contribution in [3.63, 3.8) is 0 Å². The maximum Gasteiger partial charge on any atom is 0.270 e. The zero-order valence-electron chi connectivity index (χ0n) is 7.63. The Balaban J connectivity index is 2.65. The highest BCUT2D eigenvalue weighted by Crippen LogP contribution is 2.07. The largest absolute Gasteiger partial charge is 0.347 e.